The standard InChI is InChI=1S/C31H23Cl2N3O4/c1-19-25(32)8-5-9-26(19)36-30(38)27(33)28(31(36)39)34-22-12-10-21(11-13-22)29(37)35-23-14-16-24(17-15-23)40-18-20-6-3-2-4-7-20/h2-17,34H,18H2,1H3,(H,35,37). The van der Waals surface area contributed by atoms with Gasteiger partial charge in [0.05, 0.1) is 5.69 Å². The van der Waals surface area contributed by atoms with Crippen LogP contribution < -0.4 is 20.3 Å². The molecule has 0 bridgehead atoms. The molecule has 1 aliphatic rings. The molecule has 4 aromatic carbocycles. The van der Waals surface area contributed by atoms with E-state index in [2.05, 4.69) is 10.6 Å². The fraction of sp³-hybridized carbons (Fsp3) is 0.0645. The monoisotopic (exact) mass is 571 g/mol. The molecule has 0 fully saturated rings. The number of nitrogens with zero attached hydrogens (tertiary/aromatic N) is 1. The Balaban J connectivity index is 1.20. The summed E-state index contributed by atoms with van der Waals surface area (Å²) in [7, 11) is 0. The van der Waals surface area contributed by atoms with Crippen molar-refractivity contribution in [3.8, 4) is 5.75 Å². The van der Waals surface area contributed by atoms with E-state index in [9.17, 15) is 14.4 Å². The van der Waals surface area contributed by atoms with Crippen molar-refractivity contribution in [1.82, 2.24) is 0 Å². The van der Waals surface area contributed by atoms with Crippen LogP contribution >= 0.6 is 23.2 Å². The summed E-state index contributed by atoms with van der Waals surface area (Å²) in [6.45, 7) is 2.17. The van der Waals surface area contributed by atoms with Crippen molar-refractivity contribution in [2.45, 2.75) is 13.5 Å². The Hall–Kier alpha value is -4.59. The molecule has 0 unspecified atom stereocenters. The van der Waals surface area contributed by atoms with E-state index in [4.69, 9.17) is 27.9 Å². The van der Waals surface area contributed by atoms with Crippen LogP contribution in [0, 0.1) is 6.92 Å². The first-order valence-corrected chi connectivity index (χ1v) is 13.1. The molecule has 7 nitrogen and oxygen atoms in total. The Labute approximate surface area is 241 Å². The van der Waals surface area contributed by atoms with Gasteiger partial charge in [0.1, 0.15) is 23.1 Å². The molecule has 5 rings (SSSR count). The van der Waals surface area contributed by atoms with Crippen molar-refractivity contribution >= 4 is 58.0 Å². The maximum Gasteiger partial charge on any atom is 0.283 e. The summed E-state index contributed by atoms with van der Waals surface area (Å²) in [5, 5.41) is 5.95. The molecule has 200 valence electrons. The van der Waals surface area contributed by atoms with Crippen LogP contribution in [-0.2, 0) is 16.2 Å². The molecule has 9 heteroatoms. The first-order chi connectivity index (χ1) is 19.3. The molecule has 0 radical (unpaired) electrons. The van der Waals surface area contributed by atoms with Crippen LogP contribution in [0.1, 0.15) is 21.5 Å². The second-order valence-corrected chi connectivity index (χ2v) is 9.76. The predicted molar refractivity (Wildman–Crippen MR) is 157 cm³/mol. The van der Waals surface area contributed by atoms with Gasteiger partial charge < -0.3 is 15.4 Å². The Morgan fingerprint density at radius 2 is 1.48 bits per heavy atom. The Morgan fingerprint density at radius 3 is 2.17 bits per heavy atom. The number of hydrogen-bond donors (Lipinski definition) is 2. The van der Waals surface area contributed by atoms with Crippen LogP contribution in [0.4, 0.5) is 17.1 Å². The normalized spacial score (nSPS) is 13.0. The molecule has 1 heterocycles. The number of imide groups is 1. The summed E-state index contributed by atoms with van der Waals surface area (Å²) in [4.78, 5) is 39.6. The van der Waals surface area contributed by atoms with Gasteiger partial charge in [-0.3, -0.25) is 14.4 Å². The quantitative estimate of drug-likeness (QED) is 0.224. The summed E-state index contributed by atoms with van der Waals surface area (Å²) in [5.41, 5.74) is 3.45. The van der Waals surface area contributed by atoms with Gasteiger partial charge in [0.2, 0.25) is 0 Å². The van der Waals surface area contributed by atoms with Crippen molar-refractivity contribution in [2.75, 3.05) is 15.5 Å². The summed E-state index contributed by atoms with van der Waals surface area (Å²) in [6.07, 6.45) is 0. The van der Waals surface area contributed by atoms with E-state index in [1.165, 1.54) is 0 Å². The number of hydrogen-bond acceptors (Lipinski definition) is 5. The zero-order valence-electron chi connectivity index (χ0n) is 21.3. The zero-order valence-corrected chi connectivity index (χ0v) is 22.8. The van der Waals surface area contributed by atoms with Gasteiger partial charge in [-0.2, -0.15) is 0 Å². The van der Waals surface area contributed by atoms with Crippen molar-refractivity contribution in [1.29, 1.82) is 0 Å². The molecular formula is C31H23Cl2N3O4. The van der Waals surface area contributed by atoms with Crippen LogP contribution in [-0.4, -0.2) is 17.7 Å². The van der Waals surface area contributed by atoms with Crippen LogP contribution in [0.25, 0.3) is 0 Å². The van der Waals surface area contributed by atoms with Gasteiger partial charge in [0.15, 0.2) is 0 Å². The summed E-state index contributed by atoms with van der Waals surface area (Å²) < 4.78 is 5.78. The van der Waals surface area contributed by atoms with E-state index in [1.807, 2.05) is 30.3 Å². The number of halogens is 2. The highest BCUT2D eigenvalue weighted by Gasteiger charge is 2.39. The van der Waals surface area contributed by atoms with E-state index in [0.29, 0.717) is 45.6 Å². The van der Waals surface area contributed by atoms with Gasteiger partial charge in [0, 0.05) is 22.0 Å². The molecule has 0 aliphatic carbocycles. The molecule has 0 saturated heterocycles. The van der Waals surface area contributed by atoms with E-state index in [0.717, 1.165) is 10.5 Å². The van der Waals surface area contributed by atoms with Crippen LogP contribution in [0.3, 0.4) is 0 Å². The van der Waals surface area contributed by atoms with Crippen molar-refractivity contribution < 1.29 is 19.1 Å². The van der Waals surface area contributed by atoms with Gasteiger partial charge in [-0.15, -0.1) is 0 Å². The topological polar surface area (TPSA) is 87.7 Å². The Morgan fingerprint density at radius 1 is 0.800 bits per heavy atom. The number of anilines is 3. The summed E-state index contributed by atoms with van der Waals surface area (Å²) in [5.74, 6) is -0.865. The highest BCUT2D eigenvalue weighted by atomic mass is 35.5. The van der Waals surface area contributed by atoms with Crippen LogP contribution in [0.2, 0.25) is 5.02 Å². The minimum Gasteiger partial charge on any atom is -0.489 e. The smallest absolute Gasteiger partial charge is 0.283 e. The third-order valence-electron chi connectivity index (χ3n) is 6.28. The predicted octanol–water partition coefficient (Wildman–Crippen LogP) is 6.92. The highest BCUT2D eigenvalue weighted by Crippen LogP contribution is 2.34. The number of rotatable bonds is 8. The molecule has 0 atom stereocenters. The lowest BCUT2D eigenvalue weighted by Gasteiger charge is -2.18. The molecule has 0 aromatic heterocycles. The zero-order chi connectivity index (χ0) is 28.2. The lowest BCUT2D eigenvalue weighted by molar-refractivity contribution is -0.120. The van der Waals surface area contributed by atoms with Gasteiger partial charge in [-0.1, -0.05) is 59.6 Å². The Kier molecular flexibility index (Phi) is 7.86. The molecule has 3 amide bonds. The summed E-state index contributed by atoms with van der Waals surface area (Å²) in [6, 6.07) is 28.4. The maximum absolute atomic E-state index is 13.1. The van der Waals surface area contributed by atoms with Gasteiger partial charge in [-0.25, -0.2) is 4.90 Å². The van der Waals surface area contributed by atoms with Crippen molar-refractivity contribution in [2.24, 2.45) is 0 Å². The third kappa shape index (κ3) is 5.71. The molecule has 0 saturated carbocycles. The molecule has 0 spiro atoms. The average Bonchev–Trinajstić information content (AvgIpc) is 3.18. The van der Waals surface area contributed by atoms with E-state index >= 15 is 0 Å². The largest absolute Gasteiger partial charge is 0.489 e. The average molecular weight is 572 g/mol. The number of benzene rings is 4. The SMILES string of the molecule is Cc1c(Cl)cccc1N1C(=O)C(Cl)=C(Nc2ccc(C(=O)Nc3ccc(OCc4ccccc4)cc3)cc2)C1=O. The first kappa shape index (κ1) is 27.0. The maximum atomic E-state index is 13.1. The van der Waals surface area contributed by atoms with E-state index in [1.54, 1.807) is 73.7 Å². The molecule has 4 aromatic rings. The van der Waals surface area contributed by atoms with Gasteiger partial charge in [0.25, 0.3) is 17.7 Å². The minimum atomic E-state index is -0.646. The molecular weight excluding hydrogens is 549 g/mol. The van der Waals surface area contributed by atoms with Crippen molar-refractivity contribution in [3.05, 3.63) is 130 Å². The van der Waals surface area contributed by atoms with E-state index < -0.39 is 11.8 Å². The molecule has 2 N–H and O–H groups in total. The number of carbonyl (C=O) groups excluding carboxylic acids is 3. The van der Waals surface area contributed by atoms with Crippen molar-refractivity contribution in [3.63, 3.8) is 0 Å². The second kappa shape index (κ2) is 11.7. The number of nitrogens with one attached hydrogen (secondary N) is 2. The highest BCUT2D eigenvalue weighted by molar-refractivity contribution is 6.53. The van der Waals surface area contributed by atoms with Gasteiger partial charge >= 0.3 is 0 Å². The number of carbonyl (C=O) groups is 3. The first-order valence-electron chi connectivity index (χ1n) is 12.3. The fourth-order valence-electron chi connectivity index (χ4n) is 4.10. The molecule has 1 aliphatic heterocycles. The Bertz CT molecular complexity index is 1620. The number of amides is 3. The lowest BCUT2D eigenvalue weighted by atomic mass is 10.1. The van der Waals surface area contributed by atoms with Crippen LogP contribution in [0.15, 0.2) is 108 Å². The lowest BCUT2D eigenvalue weighted by Crippen LogP contribution is -2.32. The second-order valence-electron chi connectivity index (χ2n) is 8.97. The van der Waals surface area contributed by atoms with E-state index in [-0.39, 0.29) is 16.6 Å². The minimum absolute atomic E-state index is 0.0576. The van der Waals surface area contributed by atoms with Crippen LogP contribution in [0.5, 0.6) is 5.75 Å². The molecule has 40 heavy (non-hydrogen) atoms. The number of ether oxygens (including phenoxy) is 1. The fourth-order valence-corrected chi connectivity index (χ4v) is 4.48. The van der Waals surface area contributed by atoms with Gasteiger partial charge in [-0.05, 0) is 78.7 Å². The third-order valence-corrected chi connectivity index (χ3v) is 7.04. The summed E-state index contributed by atoms with van der Waals surface area (Å²) >= 11 is 12.4.